The van der Waals surface area contributed by atoms with Gasteiger partial charge in [0.15, 0.2) is 0 Å². The molecule has 0 spiro atoms. The molecule has 1 radical (unpaired) electrons. The second-order valence-electron chi connectivity index (χ2n) is 6.44. The Hall–Kier alpha value is -4.78. The zero-order chi connectivity index (χ0) is 32.8. The van der Waals surface area contributed by atoms with E-state index in [1.165, 1.54) is 0 Å². The van der Waals surface area contributed by atoms with Crippen molar-refractivity contribution in [2.75, 3.05) is 0 Å². The van der Waals surface area contributed by atoms with Crippen LogP contribution in [0.25, 0.3) is 0 Å². The van der Waals surface area contributed by atoms with Gasteiger partial charge in [-0.15, -0.1) is 0 Å². The van der Waals surface area contributed by atoms with E-state index in [1.54, 1.807) is 0 Å². The average Bonchev–Trinajstić information content (AvgIpc) is 2.79. The Labute approximate surface area is 240 Å². The maximum atomic E-state index is 9.64. The third kappa shape index (κ3) is 95.1. The fraction of sp³-hybridized carbons (Fsp3) is 0.500. The van der Waals surface area contributed by atoms with E-state index in [2.05, 4.69) is 0 Å². The minimum Gasteiger partial charge on any atom is -0.481 e. The third-order valence-corrected chi connectivity index (χ3v) is 2.76. The van der Waals surface area contributed by atoms with Gasteiger partial charge >= 0.3 is 59.7 Å². The molecule has 20 nitrogen and oxygen atoms in total. The van der Waals surface area contributed by atoms with E-state index in [1.807, 2.05) is 0 Å². The Morgan fingerprint density at radius 2 is 0.268 bits per heavy atom. The summed E-state index contributed by atoms with van der Waals surface area (Å²) in [6, 6.07) is 0. The normalized spacial score (nSPS) is 8.29. The molecule has 0 aliphatic heterocycles. The molecule has 0 heterocycles. The van der Waals surface area contributed by atoms with Gasteiger partial charge in [0.05, 0.1) is 64.2 Å². The van der Waals surface area contributed by atoms with E-state index in [9.17, 15) is 47.9 Å². The van der Waals surface area contributed by atoms with Crippen molar-refractivity contribution in [3.8, 4) is 0 Å². The van der Waals surface area contributed by atoms with Gasteiger partial charge in [0, 0.05) is 17.1 Å². The summed E-state index contributed by atoms with van der Waals surface area (Å²) in [6.45, 7) is 0. The van der Waals surface area contributed by atoms with Crippen LogP contribution in [0.3, 0.4) is 0 Å². The number of hydrogen-bond donors (Lipinski definition) is 10. The van der Waals surface area contributed by atoms with Crippen molar-refractivity contribution in [2.45, 2.75) is 64.2 Å². The number of carboxylic acids is 10. The molecular weight excluding hydrogens is 624 g/mol. The Bertz CT molecular complexity index is 632. The van der Waals surface area contributed by atoms with Crippen LogP contribution in [0, 0.1) is 0 Å². The van der Waals surface area contributed by atoms with Crippen molar-refractivity contribution in [3.05, 3.63) is 0 Å². The molecule has 0 rings (SSSR count). The second-order valence-corrected chi connectivity index (χ2v) is 6.44. The molecule has 0 saturated carbocycles. The van der Waals surface area contributed by atoms with Gasteiger partial charge < -0.3 is 51.1 Å². The van der Waals surface area contributed by atoms with Gasteiger partial charge in [0.25, 0.3) is 0 Å². The van der Waals surface area contributed by atoms with Crippen LogP contribution in [0.5, 0.6) is 0 Å². The van der Waals surface area contributed by atoms with E-state index < -0.39 is 59.7 Å². The quantitative estimate of drug-likeness (QED) is 0.101. The van der Waals surface area contributed by atoms with E-state index in [4.69, 9.17) is 51.1 Å². The molecule has 0 aromatic heterocycles. The molecule has 0 aromatic rings. The summed E-state index contributed by atoms with van der Waals surface area (Å²) in [5, 5.41) is 79.0. The summed E-state index contributed by atoms with van der Waals surface area (Å²) in [5.41, 5.74) is 0. The van der Waals surface area contributed by atoms with Gasteiger partial charge in [0.1, 0.15) is 0 Å². The van der Waals surface area contributed by atoms with Crippen molar-refractivity contribution >= 4 is 59.7 Å². The smallest absolute Gasteiger partial charge is 0.303 e. The van der Waals surface area contributed by atoms with E-state index >= 15 is 0 Å². The van der Waals surface area contributed by atoms with Crippen LogP contribution in [-0.4, -0.2) is 111 Å². The van der Waals surface area contributed by atoms with Gasteiger partial charge in [-0.2, -0.15) is 0 Å². The third-order valence-electron chi connectivity index (χ3n) is 2.76. The van der Waals surface area contributed by atoms with Crippen LogP contribution in [0.2, 0.25) is 0 Å². The summed E-state index contributed by atoms with van der Waals surface area (Å²) < 4.78 is 0. The molecule has 10 N–H and O–H groups in total. The second kappa shape index (κ2) is 33.2. The fourth-order valence-electron chi connectivity index (χ4n) is 1.07. The standard InChI is InChI=1S/5C4H6O4.Cu/c5*5-3(6)1-2-4(7)8;/h5*1-2H2,(H,5,6)(H,7,8);. The summed E-state index contributed by atoms with van der Waals surface area (Å²) in [6.07, 6.45) is -2.96. The summed E-state index contributed by atoms with van der Waals surface area (Å²) >= 11 is 0. The molecule has 21 heteroatoms. The molecule has 0 aliphatic carbocycles. The van der Waals surface area contributed by atoms with Crippen molar-refractivity contribution in [1.29, 1.82) is 0 Å². The minimum absolute atomic E-state index is 0. The summed E-state index contributed by atoms with van der Waals surface area (Å²) in [4.78, 5) is 96.4. The van der Waals surface area contributed by atoms with Gasteiger partial charge in [-0.25, -0.2) is 0 Å². The first kappa shape index (κ1) is 49.2. The Morgan fingerprint density at radius 3 is 0.293 bits per heavy atom. The molecule has 241 valence electrons. The average molecular weight is 654 g/mol. The van der Waals surface area contributed by atoms with Crippen molar-refractivity contribution in [1.82, 2.24) is 0 Å². The molecule has 0 fully saturated rings. The maximum Gasteiger partial charge on any atom is 0.303 e. The van der Waals surface area contributed by atoms with Gasteiger partial charge in [-0.3, -0.25) is 47.9 Å². The first-order chi connectivity index (χ1) is 18.1. The van der Waals surface area contributed by atoms with Crippen LogP contribution in [0.15, 0.2) is 0 Å². The summed E-state index contributed by atoms with van der Waals surface area (Å²) in [7, 11) is 0. The van der Waals surface area contributed by atoms with E-state index in [-0.39, 0.29) is 81.3 Å². The maximum absolute atomic E-state index is 9.64. The molecular formula is C20H30CuO20. The predicted molar refractivity (Wildman–Crippen MR) is 123 cm³/mol. The number of hydrogen-bond acceptors (Lipinski definition) is 10. The van der Waals surface area contributed by atoms with Crippen molar-refractivity contribution in [2.24, 2.45) is 0 Å². The van der Waals surface area contributed by atoms with E-state index in [0.29, 0.717) is 0 Å². The topological polar surface area (TPSA) is 373 Å². The molecule has 0 unspecified atom stereocenters. The molecule has 41 heavy (non-hydrogen) atoms. The Balaban J connectivity index is -0.0000000928. The molecule has 0 amide bonds. The zero-order valence-electron chi connectivity index (χ0n) is 20.9. The summed E-state index contributed by atoms with van der Waals surface area (Å²) in [5.74, 6) is -10.8. The number of carbonyl (C=O) groups is 10. The minimum atomic E-state index is -1.08. The van der Waals surface area contributed by atoms with Gasteiger partial charge in [-0.1, -0.05) is 0 Å². The first-order valence-electron chi connectivity index (χ1n) is 10.3. The van der Waals surface area contributed by atoms with Crippen molar-refractivity contribution in [3.63, 3.8) is 0 Å². The van der Waals surface area contributed by atoms with Crippen molar-refractivity contribution < 1.29 is 116 Å². The fourth-order valence-corrected chi connectivity index (χ4v) is 1.07. The SMILES string of the molecule is O=C(O)CCC(=O)O.O=C(O)CCC(=O)O.O=C(O)CCC(=O)O.O=C(O)CCC(=O)O.O=C(O)CCC(=O)O.[Cu]. The molecule has 0 aliphatic rings. The van der Waals surface area contributed by atoms with E-state index in [0.717, 1.165) is 0 Å². The number of aliphatic carboxylic acids is 10. The van der Waals surface area contributed by atoms with Crippen LogP contribution >= 0.6 is 0 Å². The van der Waals surface area contributed by atoms with Gasteiger partial charge in [-0.05, 0) is 0 Å². The predicted octanol–water partition coefficient (Wildman–Crippen LogP) is -0.323. The number of carboxylic acid groups (broad SMARTS) is 10. The molecule has 0 saturated heterocycles. The monoisotopic (exact) mass is 653 g/mol. The van der Waals surface area contributed by atoms with Crippen LogP contribution in [0.1, 0.15) is 64.2 Å². The van der Waals surface area contributed by atoms with Crippen LogP contribution in [-0.2, 0) is 65.0 Å². The Kier molecular flexibility index (Phi) is 39.9. The largest absolute Gasteiger partial charge is 0.481 e. The van der Waals surface area contributed by atoms with Gasteiger partial charge in [0.2, 0.25) is 0 Å². The zero-order valence-corrected chi connectivity index (χ0v) is 21.9. The number of rotatable bonds is 15. The van der Waals surface area contributed by atoms with Crippen LogP contribution < -0.4 is 0 Å². The Morgan fingerprint density at radius 1 is 0.220 bits per heavy atom. The first-order valence-corrected chi connectivity index (χ1v) is 10.3. The molecule has 0 aromatic carbocycles. The van der Waals surface area contributed by atoms with Crippen LogP contribution in [0.4, 0.5) is 0 Å². The molecule has 0 atom stereocenters. The molecule has 0 bridgehead atoms.